The van der Waals surface area contributed by atoms with Gasteiger partial charge in [0.15, 0.2) is 5.60 Å². The molecule has 0 bridgehead atoms. The molecule has 3 fully saturated rings. The molecule has 2 aromatic rings. The number of carbonyl (C=O) groups excluding carboxylic acids is 3. The van der Waals surface area contributed by atoms with Crippen LogP contribution in [-0.4, -0.2) is 92.8 Å². The average Bonchev–Trinajstić information content (AvgIpc) is 3.28. The molecule has 0 amide bonds. The lowest BCUT2D eigenvalue weighted by molar-refractivity contribution is -0.350. The van der Waals surface area contributed by atoms with E-state index in [0.717, 1.165) is 0 Å². The lowest BCUT2D eigenvalue weighted by Crippen LogP contribution is -2.79. The van der Waals surface area contributed by atoms with Crippen molar-refractivity contribution in [3.05, 3.63) is 82.9 Å². The Labute approximate surface area is 273 Å². The molecule has 252 valence electrons. The predicted octanol–water partition coefficient (Wildman–Crippen LogP) is 2.74. The van der Waals surface area contributed by atoms with E-state index in [2.05, 4.69) is 0 Å². The predicted molar refractivity (Wildman–Crippen MR) is 166 cm³/mol. The minimum Gasteiger partial charge on any atom is -0.458 e. The van der Waals surface area contributed by atoms with Crippen LogP contribution in [0.5, 0.6) is 0 Å². The number of carbonyl (C=O) groups is 3. The zero-order chi connectivity index (χ0) is 34.1. The second kappa shape index (κ2) is 11.5. The van der Waals surface area contributed by atoms with E-state index in [1.165, 1.54) is 20.8 Å². The Kier molecular flexibility index (Phi) is 8.16. The third-order valence-corrected chi connectivity index (χ3v) is 11.2. The van der Waals surface area contributed by atoms with Gasteiger partial charge in [-0.25, -0.2) is 9.59 Å². The Hall–Kier alpha value is -3.61. The molecule has 47 heavy (non-hydrogen) atoms. The van der Waals surface area contributed by atoms with E-state index in [-0.39, 0.29) is 36.1 Å². The summed E-state index contributed by atoms with van der Waals surface area (Å²) in [6.07, 6.45) is -8.26. The molecule has 10 atom stereocenters. The first-order chi connectivity index (χ1) is 22.1. The number of hydrogen-bond acceptors (Lipinski definition) is 11. The van der Waals surface area contributed by atoms with Gasteiger partial charge in [0.1, 0.15) is 24.4 Å². The molecule has 3 aliphatic carbocycles. The molecular formula is C36H42O11. The van der Waals surface area contributed by atoms with E-state index in [9.17, 15) is 34.8 Å². The number of aliphatic hydroxyl groups is 4. The Bertz CT molecular complexity index is 1580. The third kappa shape index (κ3) is 4.85. The van der Waals surface area contributed by atoms with Gasteiger partial charge in [0, 0.05) is 18.8 Å². The van der Waals surface area contributed by atoms with Gasteiger partial charge in [0.05, 0.1) is 46.9 Å². The van der Waals surface area contributed by atoms with Gasteiger partial charge >= 0.3 is 17.9 Å². The molecule has 0 radical (unpaired) electrons. The molecule has 1 saturated heterocycles. The van der Waals surface area contributed by atoms with Crippen LogP contribution in [0.25, 0.3) is 0 Å². The summed E-state index contributed by atoms with van der Waals surface area (Å²) in [6, 6.07) is 16.5. The topological polar surface area (TPSA) is 169 Å². The summed E-state index contributed by atoms with van der Waals surface area (Å²) < 4.78 is 24.7. The van der Waals surface area contributed by atoms with Crippen molar-refractivity contribution in [2.45, 2.75) is 95.3 Å². The van der Waals surface area contributed by atoms with Crippen LogP contribution < -0.4 is 0 Å². The average molecular weight is 651 g/mol. The van der Waals surface area contributed by atoms with Gasteiger partial charge in [-0.15, -0.1) is 0 Å². The smallest absolute Gasteiger partial charge is 0.338 e. The normalized spacial score (nSPS) is 37.8. The van der Waals surface area contributed by atoms with Crippen LogP contribution >= 0.6 is 0 Å². The van der Waals surface area contributed by atoms with Gasteiger partial charge < -0.3 is 39.4 Å². The molecule has 1 aliphatic heterocycles. The van der Waals surface area contributed by atoms with Crippen LogP contribution in [0, 0.1) is 16.7 Å². The van der Waals surface area contributed by atoms with Gasteiger partial charge in [-0.05, 0) is 62.6 Å². The van der Waals surface area contributed by atoms with Gasteiger partial charge in [-0.2, -0.15) is 0 Å². The molecule has 6 rings (SSSR count). The lowest BCUT2D eigenvalue weighted by Gasteiger charge is -2.65. The zero-order valence-corrected chi connectivity index (χ0v) is 27.1. The number of esters is 3. The van der Waals surface area contributed by atoms with Crippen LogP contribution in [0.15, 0.2) is 71.8 Å². The summed E-state index contributed by atoms with van der Waals surface area (Å²) in [6.45, 7) is 7.28. The fourth-order valence-electron chi connectivity index (χ4n) is 8.93. The molecule has 0 aromatic heterocycles. The zero-order valence-electron chi connectivity index (χ0n) is 27.1. The fourth-order valence-corrected chi connectivity index (χ4v) is 8.93. The number of fused-ring (bicyclic) bond motifs is 4. The Balaban J connectivity index is 1.63. The first kappa shape index (κ1) is 33.3. The third-order valence-electron chi connectivity index (χ3n) is 11.2. The number of rotatable bonds is 6. The van der Waals surface area contributed by atoms with Gasteiger partial charge in [0.25, 0.3) is 0 Å². The van der Waals surface area contributed by atoms with Crippen LogP contribution in [0.4, 0.5) is 0 Å². The first-order valence-corrected chi connectivity index (χ1v) is 15.9. The molecule has 0 unspecified atom stereocenters. The highest BCUT2D eigenvalue weighted by molar-refractivity contribution is 5.90. The van der Waals surface area contributed by atoms with Gasteiger partial charge in [-0.1, -0.05) is 43.3 Å². The quantitative estimate of drug-likeness (QED) is 0.206. The number of aliphatic hydroxyl groups excluding tert-OH is 3. The number of hydrogen-bond donors (Lipinski definition) is 4. The molecule has 11 heteroatoms. The summed E-state index contributed by atoms with van der Waals surface area (Å²) in [7, 11) is 0. The Morgan fingerprint density at radius 3 is 1.96 bits per heavy atom. The van der Waals surface area contributed by atoms with Gasteiger partial charge in [-0.3, -0.25) is 4.79 Å². The van der Waals surface area contributed by atoms with Crippen LogP contribution in [-0.2, 0) is 23.7 Å². The van der Waals surface area contributed by atoms with Crippen molar-refractivity contribution < 1.29 is 53.8 Å². The Morgan fingerprint density at radius 1 is 0.915 bits per heavy atom. The SMILES string of the molecule is CC(=O)O[C@@]12CO[C@H]1C[C@@H](OC(=O)c1ccccc1)[C@]1(C)[C@@H](O)[C@H](O)C3=C(C)[C@@H](O)C[C@@]3(C(C)(C)O)[C@H](OC(=O)c3ccccc3)[C@@H]21. The highest BCUT2D eigenvalue weighted by Crippen LogP contribution is 2.68. The van der Waals surface area contributed by atoms with E-state index >= 15 is 0 Å². The number of ether oxygens (including phenoxy) is 4. The van der Waals surface area contributed by atoms with E-state index in [1.807, 2.05) is 0 Å². The second-order valence-electron chi connectivity index (χ2n) is 14.1. The van der Waals surface area contributed by atoms with E-state index in [0.29, 0.717) is 5.57 Å². The maximum Gasteiger partial charge on any atom is 0.338 e. The van der Waals surface area contributed by atoms with E-state index < -0.39 is 82.5 Å². The standard InChI is InChI=1S/C36H42O11/c1-19-23(38)17-35(33(3,4)43)26(19)27(39)29(40)34(5)24(45-31(41)21-12-8-6-9-13-21)16-25-36(18-44-25,47-20(2)37)28(34)30(35)46-32(42)22-14-10-7-11-15-22/h6-15,23-25,27-30,38-40,43H,16-18H2,1-5H3/t23-,24+,25-,27+,28+,29-,30+,34-,35-,36-/m0/s1. The van der Waals surface area contributed by atoms with Crippen molar-refractivity contribution in [3.8, 4) is 0 Å². The summed E-state index contributed by atoms with van der Waals surface area (Å²) in [4.78, 5) is 40.4. The summed E-state index contributed by atoms with van der Waals surface area (Å²) >= 11 is 0. The van der Waals surface area contributed by atoms with Crippen LogP contribution in [0.2, 0.25) is 0 Å². The van der Waals surface area contributed by atoms with Crippen molar-refractivity contribution in [2.24, 2.45) is 16.7 Å². The largest absolute Gasteiger partial charge is 0.458 e. The van der Waals surface area contributed by atoms with Crippen LogP contribution in [0.1, 0.15) is 68.2 Å². The molecule has 1 heterocycles. The lowest BCUT2D eigenvalue weighted by atomic mass is 9.49. The van der Waals surface area contributed by atoms with Crippen molar-refractivity contribution in [3.63, 3.8) is 0 Å². The maximum atomic E-state index is 14.0. The summed E-state index contributed by atoms with van der Waals surface area (Å²) in [5.74, 6) is -3.35. The molecule has 2 saturated carbocycles. The first-order valence-electron chi connectivity index (χ1n) is 15.9. The minimum atomic E-state index is -1.79. The monoisotopic (exact) mass is 650 g/mol. The highest BCUT2D eigenvalue weighted by atomic mass is 16.6. The fraction of sp³-hybridized carbons (Fsp3) is 0.528. The Morgan fingerprint density at radius 2 is 1.47 bits per heavy atom. The molecule has 4 aliphatic rings. The van der Waals surface area contributed by atoms with Crippen LogP contribution in [0.3, 0.4) is 0 Å². The van der Waals surface area contributed by atoms with Gasteiger partial charge in [0.2, 0.25) is 0 Å². The van der Waals surface area contributed by atoms with E-state index in [4.69, 9.17) is 18.9 Å². The highest BCUT2D eigenvalue weighted by Gasteiger charge is 2.79. The van der Waals surface area contributed by atoms with E-state index in [1.54, 1.807) is 74.5 Å². The summed E-state index contributed by atoms with van der Waals surface area (Å²) in [5.41, 5.74) is -5.83. The second-order valence-corrected chi connectivity index (χ2v) is 14.1. The van der Waals surface area contributed by atoms with Crippen molar-refractivity contribution in [1.29, 1.82) is 0 Å². The molecular weight excluding hydrogens is 608 g/mol. The molecule has 4 N–H and O–H groups in total. The van der Waals surface area contributed by atoms with Crippen molar-refractivity contribution >= 4 is 17.9 Å². The van der Waals surface area contributed by atoms with Crippen molar-refractivity contribution in [2.75, 3.05) is 6.61 Å². The maximum absolute atomic E-state index is 14.0. The summed E-state index contributed by atoms with van der Waals surface area (Å²) in [5, 5.41) is 48.0. The molecule has 0 spiro atoms. The molecule has 2 aromatic carbocycles. The number of benzene rings is 2. The minimum absolute atomic E-state index is 0.0157. The molecule has 11 nitrogen and oxygen atoms in total. The van der Waals surface area contributed by atoms with Crippen molar-refractivity contribution in [1.82, 2.24) is 0 Å².